The minimum Gasteiger partial charge on any atom is -0.488 e. The molecule has 0 radical (unpaired) electrons. The molecule has 5 N–H and O–H groups in total. The van der Waals surface area contributed by atoms with Crippen LogP contribution in [0.25, 0.3) is 0 Å². The summed E-state index contributed by atoms with van der Waals surface area (Å²) < 4.78 is 11.6. The smallest absolute Gasteiger partial charge is 0.124 e. The number of aliphatic hydroxyl groups excluding tert-OH is 5. The number of aryl methyl sites for hydroxylation is 1. The van der Waals surface area contributed by atoms with Gasteiger partial charge in [-0.15, -0.1) is 0 Å². The second-order valence-electron chi connectivity index (χ2n) is 8.91. The summed E-state index contributed by atoms with van der Waals surface area (Å²) in [5.74, 6) is 0.742. The highest BCUT2D eigenvalue weighted by molar-refractivity contribution is 5.38. The van der Waals surface area contributed by atoms with Crippen molar-refractivity contribution in [1.29, 1.82) is 0 Å². The van der Waals surface area contributed by atoms with E-state index in [9.17, 15) is 25.5 Å². The van der Waals surface area contributed by atoms with E-state index in [0.717, 1.165) is 41.7 Å². The van der Waals surface area contributed by atoms with E-state index in [2.05, 4.69) is 0 Å². The van der Waals surface area contributed by atoms with Crippen LogP contribution in [0.15, 0.2) is 42.5 Å². The van der Waals surface area contributed by atoms with Crippen LogP contribution in [0, 0.1) is 6.92 Å². The predicted molar refractivity (Wildman–Crippen MR) is 117 cm³/mol. The lowest BCUT2D eigenvalue weighted by Gasteiger charge is -2.40. The number of aliphatic hydroxyl groups is 5. The molecule has 1 aliphatic heterocycles. The van der Waals surface area contributed by atoms with Crippen molar-refractivity contribution in [1.82, 2.24) is 0 Å². The summed E-state index contributed by atoms with van der Waals surface area (Å²) in [5, 5.41) is 50.0. The lowest BCUT2D eigenvalue weighted by molar-refractivity contribution is -0.231. The molecule has 0 bridgehead atoms. The topological polar surface area (TPSA) is 120 Å². The van der Waals surface area contributed by atoms with Gasteiger partial charge in [-0.05, 0) is 67.0 Å². The molecule has 2 aliphatic rings. The first kappa shape index (κ1) is 23.2. The highest BCUT2D eigenvalue weighted by Gasteiger charge is 2.44. The minimum absolute atomic E-state index is 0.140. The number of ether oxygens (including phenoxy) is 2. The Balaban J connectivity index is 1.48. The number of benzene rings is 2. The van der Waals surface area contributed by atoms with Crippen molar-refractivity contribution in [3.63, 3.8) is 0 Å². The fraction of sp³-hybridized carbons (Fsp3) is 0.520. The van der Waals surface area contributed by atoms with E-state index in [4.69, 9.17) is 9.47 Å². The van der Waals surface area contributed by atoms with Gasteiger partial charge in [-0.1, -0.05) is 30.3 Å². The van der Waals surface area contributed by atoms with Gasteiger partial charge >= 0.3 is 0 Å². The monoisotopic (exact) mass is 444 g/mol. The zero-order chi connectivity index (χ0) is 22.8. The zero-order valence-corrected chi connectivity index (χ0v) is 18.2. The molecular weight excluding hydrogens is 412 g/mol. The van der Waals surface area contributed by atoms with Gasteiger partial charge in [0.2, 0.25) is 0 Å². The van der Waals surface area contributed by atoms with E-state index in [1.54, 1.807) is 0 Å². The molecule has 0 aromatic heterocycles. The Labute approximate surface area is 187 Å². The Kier molecular flexibility index (Phi) is 7.14. The normalized spacial score (nSPS) is 32.8. The zero-order valence-electron chi connectivity index (χ0n) is 18.2. The molecular formula is C25H32O7. The van der Waals surface area contributed by atoms with Crippen molar-refractivity contribution in [3.05, 3.63) is 64.7 Å². The third-order valence-corrected chi connectivity index (χ3v) is 6.62. The Morgan fingerprint density at radius 1 is 0.938 bits per heavy atom. The standard InChI is InChI=1S/C25H32O7/c1-14-5-8-16(25-24(30)23(29)22(28)21(13-26)32-25)12-17(14)11-15-6-9-18(10-7-15)31-20-4-2-3-19(20)27/h5-10,12,19-30H,2-4,11,13H2,1H3/t19?,20?,21-,22-,23?,24-,25+/m1/s1. The molecule has 4 rings (SSSR count). The van der Waals surface area contributed by atoms with E-state index < -0.39 is 43.2 Å². The fourth-order valence-corrected chi connectivity index (χ4v) is 4.56. The maximum atomic E-state index is 10.4. The summed E-state index contributed by atoms with van der Waals surface area (Å²) in [4.78, 5) is 0. The molecule has 7 heteroatoms. The summed E-state index contributed by atoms with van der Waals surface area (Å²) in [6.45, 7) is 1.55. The van der Waals surface area contributed by atoms with E-state index in [1.165, 1.54) is 0 Å². The van der Waals surface area contributed by atoms with Gasteiger partial charge in [0.25, 0.3) is 0 Å². The summed E-state index contributed by atoms with van der Waals surface area (Å²) in [6, 6.07) is 13.5. The third kappa shape index (κ3) is 4.83. The van der Waals surface area contributed by atoms with Crippen LogP contribution >= 0.6 is 0 Å². The number of hydrogen-bond donors (Lipinski definition) is 5. The van der Waals surface area contributed by atoms with Crippen LogP contribution in [0.3, 0.4) is 0 Å². The molecule has 0 spiro atoms. The van der Waals surface area contributed by atoms with Gasteiger partial charge in [0.15, 0.2) is 0 Å². The molecule has 1 heterocycles. The van der Waals surface area contributed by atoms with E-state index >= 15 is 0 Å². The number of rotatable bonds is 6. The van der Waals surface area contributed by atoms with Crippen LogP contribution < -0.4 is 4.74 Å². The molecule has 174 valence electrons. The Morgan fingerprint density at radius 2 is 1.69 bits per heavy atom. The summed E-state index contributed by atoms with van der Waals surface area (Å²) in [5.41, 5.74) is 3.88. The number of hydrogen-bond acceptors (Lipinski definition) is 7. The van der Waals surface area contributed by atoms with Gasteiger partial charge in [-0.3, -0.25) is 0 Å². The molecule has 0 amide bonds. The summed E-state index contributed by atoms with van der Waals surface area (Å²) in [6.07, 6.45) is -3.11. The van der Waals surface area contributed by atoms with Gasteiger partial charge in [-0.2, -0.15) is 0 Å². The van der Waals surface area contributed by atoms with Crippen LogP contribution in [0.4, 0.5) is 0 Å². The summed E-state index contributed by atoms with van der Waals surface area (Å²) >= 11 is 0. The van der Waals surface area contributed by atoms with Crippen molar-refractivity contribution in [3.8, 4) is 5.75 Å². The van der Waals surface area contributed by atoms with Crippen molar-refractivity contribution in [2.75, 3.05) is 6.61 Å². The third-order valence-electron chi connectivity index (χ3n) is 6.62. The largest absolute Gasteiger partial charge is 0.488 e. The van der Waals surface area contributed by atoms with Crippen molar-refractivity contribution >= 4 is 0 Å². The van der Waals surface area contributed by atoms with Gasteiger partial charge in [-0.25, -0.2) is 0 Å². The lowest BCUT2D eigenvalue weighted by atomic mass is 9.89. The highest BCUT2D eigenvalue weighted by atomic mass is 16.5. The van der Waals surface area contributed by atoms with Crippen molar-refractivity contribution < 1.29 is 35.0 Å². The maximum absolute atomic E-state index is 10.4. The van der Waals surface area contributed by atoms with Crippen LogP contribution in [0.1, 0.15) is 47.6 Å². The first-order chi connectivity index (χ1) is 15.4. The lowest BCUT2D eigenvalue weighted by Crippen LogP contribution is -2.55. The van der Waals surface area contributed by atoms with E-state index in [0.29, 0.717) is 12.0 Å². The molecule has 7 nitrogen and oxygen atoms in total. The molecule has 1 saturated heterocycles. The molecule has 1 saturated carbocycles. The fourth-order valence-electron chi connectivity index (χ4n) is 4.56. The van der Waals surface area contributed by atoms with Gasteiger partial charge in [0.05, 0.1) is 12.7 Å². The predicted octanol–water partition coefficient (Wildman–Crippen LogP) is 1.39. The second-order valence-corrected chi connectivity index (χ2v) is 8.91. The molecule has 2 fully saturated rings. The first-order valence-corrected chi connectivity index (χ1v) is 11.2. The van der Waals surface area contributed by atoms with Gasteiger partial charge < -0.3 is 35.0 Å². The van der Waals surface area contributed by atoms with Gasteiger partial charge in [0, 0.05) is 0 Å². The van der Waals surface area contributed by atoms with E-state index in [-0.39, 0.29) is 6.10 Å². The first-order valence-electron chi connectivity index (χ1n) is 11.2. The van der Waals surface area contributed by atoms with Crippen molar-refractivity contribution in [2.24, 2.45) is 0 Å². The van der Waals surface area contributed by atoms with Crippen molar-refractivity contribution in [2.45, 2.75) is 75.3 Å². The van der Waals surface area contributed by atoms with E-state index in [1.807, 2.05) is 49.4 Å². The molecule has 2 aromatic rings. The minimum atomic E-state index is -1.40. The molecule has 7 atom stereocenters. The molecule has 2 aromatic carbocycles. The average Bonchev–Trinajstić information content (AvgIpc) is 3.19. The highest BCUT2D eigenvalue weighted by Crippen LogP contribution is 2.33. The van der Waals surface area contributed by atoms with Gasteiger partial charge in [0.1, 0.15) is 42.4 Å². The quantitative estimate of drug-likeness (QED) is 0.457. The SMILES string of the molecule is Cc1ccc([C@@H]2O[C@H](CO)[C@@H](O)C(O)[C@H]2O)cc1Cc1ccc(OC2CCCC2O)cc1. The molecule has 1 aliphatic carbocycles. The van der Waals surface area contributed by atoms with Crippen LogP contribution in [-0.4, -0.2) is 68.8 Å². The molecule has 3 unspecified atom stereocenters. The second kappa shape index (κ2) is 9.87. The van der Waals surface area contributed by atoms with Crippen LogP contribution in [0.5, 0.6) is 5.75 Å². The Bertz CT molecular complexity index is 898. The Morgan fingerprint density at radius 3 is 2.34 bits per heavy atom. The summed E-state index contributed by atoms with van der Waals surface area (Å²) in [7, 11) is 0. The average molecular weight is 445 g/mol. The van der Waals surface area contributed by atoms with Crippen LogP contribution in [0.2, 0.25) is 0 Å². The maximum Gasteiger partial charge on any atom is 0.124 e. The molecule has 32 heavy (non-hydrogen) atoms. The van der Waals surface area contributed by atoms with Crippen LogP contribution in [-0.2, 0) is 11.2 Å². The Hall–Kier alpha value is -2.00.